The van der Waals surface area contributed by atoms with Gasteiger partial charge in [0.25, 0.3) is 0 Å². The van der Waals surface area contributed by atoms with Gasteiger partial charge in [0.2, 0.25) is 0 Å². The first-order valence-electron chi connectivity index (χ1n) is 3.60. The fourth-order valence-electron chi connectivity index (χ4n) is 1.09. The lowest BCUT2D eigenvalue weighted by Gasteiger charge is -1.98. The Morgan fingerprint density at radius 1 is 1.64 bits per heavy atom. The van der Waals surface area contributed by atoms with E-state index in [1.165, 1.54) is 15.3 Å². The van der Waals surface area contributed by atoms with E-state index in [1.807, 2.05) is 0 Å². The van der Waals surface area contributed by atoms with Crippen LogP contribution in [0.5, 0.6) is 0 Å². The quantitative estimate of drug-likeness (QED) is 0.719. The predicted molar refractivity (Wildman–Crippen MR) is 51.9 cm³/mol. The Morgan fingerprint density at radius 3 is 2.64 bits per heavy atom. The molecule has 0 saturated carbocycles. The maximum Gasteiger partial charge on any atom is 0.0178 e. The third-order valence-corrected chi connectivity index (χ3v) is 2.63. The van der Waals surface area contributed by atoms with Gasteiger partial charge in [0.05, 0.1) is 0 Å². The molecule has 1 heterocycles. The van der Waals surface area contributed by atoms with E-state index in [4.69, 9.17) is 5.73 Å². The largest absolute Gasteiger partial charge is 0.326 e. The van der Waals surface area contributed by atoms with Crippen molar-refractivity contribution >= 4 is 16.9 Å². The molecule has 0 spiro atoms. The molecule has 0 aromatic carbocycles. The highest BCUT2D eigenvalue weighted by Crippen LogP contribution is 2.25. The second kappa shape index (κ2) is 3.20. The normalized spacial score (nSPS) is 10.1. The summed E-state index contributed by atoms with van der Waals surface area (Å²) in [7, 11) is 0. The summed E-state index contributed by atoms with van der Waals surface area (Å²) in [5.74, 6) is 0. The van der Waals surface area contributed by atoms with Crippen LogP contribution in [0.3, 0.4) is 0 Å². The van der Waals surface area contributed by atoms with E-state index >= 15 is 0 Å². The molecule has 0 aliphatic heterocycles. The molecule has 11 heavy (non-hydrogen) atoms. The Morgan fingerprint density at radius 2 is 2.27 bits per heavy atom. The second-order valence-electron chi connectivity index (χ2n) is 2.63. The van der Waals surface area contributed by atoms with Crippen molar-refractivity contribution in [3.8, 4) is 0 Å². The van der Waals surface area contributed by atoms with Crippen molar-refractivity contribution in [2.24, 2.45) is 5.73 Å². The number of thiophene rings is 1. The molecule has 0 bridgehead atoms. The lowest BCUT2D eigenvalue weighted by molar-refractivity contribution is 1.27. The maximum atomic E-state index is 5.49. The monoisotopic (exact) mass is 167 g/mol. The van der Waals surface area contributed by atoms with E-state index in [2.05, 4.69) is 26.5 Å². The van der Waals surface area contributed by atoms with Crippen molar-refractivity contribution in [1.29, 1.82) is 0 Å². The Labute approximate surface area is 71.5 Å². The highest BCUT2D eigenvalue weighted by molar-refractivity contribution is 7.12. The number of nitrogens with two attached hydrogens (primary N) is 1. The second-order valence-corrected chi connectivity index (χ2v) is 4.10. The van der Waals surface area contributed by atoms with Gasteiger partial charge < -0.3 is 5.73 Å². The molecule has 2 N–H and O–H groups in total. The number of hydrogen-bond acceptors (Lipinski definition) is 2. The molecule has 0 fully saturated rings. The van der Waals surface area contributed by atoms with Gasteiger partial charge in [-0.1, -0.05) is 6.58 Å². The third-order valence-electron chi connectivity index (χ3n) is 1.67. The molecule has 1 rings (SSSR count). The lowest BCUT2D eigenvalue weighted by atomic mass is 10.1. The molecule has 0 atom stereocenters. The molecule has 0 amide bonds. The smallest absolute Gasteiger partial charge is 0.0178 e. The molecule has 1 aromatic rings. The van der Waals surface area contributed by atoms with Crippen LogP contribution in [0, 0.1) is 13.8 Å². The molecule has 0 aliphatic rings. The van der Waals surface area contributed by atoms with Crippen molar-refractivity contribution in [3.05, 3.63) is 28.0 Å². The molecule has 2 heteroatoms. The van der Waals surface area contributed by atoms with Crippen LogP contribution in [0.15, 0.2) is 12.6 Å². The van der Waals surface area contributed by atoms with Crippen molar-refractivity contribution in [1.82, 2.24) is 0 Å². The predicted octanol–water partition coefficient (Wildman–Crippen LogP) is 2.34. The minimum Gasteiger partial charge on any atom is -0.326 e. The van der Waals surface area contributed by atoms with Gasteiger partial charge in [0.15, 0.2) is 0 Å². The first-order chi connectivity index (χ1) is 5.15. The van der Waals surface area contributed by atoms with Crippen LogP contribution in [0.4, 0.5) is 0 Å². The topological polar surface area (TPSA) is 26.0 Å². The number of hydrogen-bond donors (Lipinski definition) is 1. The van der Waals surface area contributed by atoms with E-state index in [9.17, 15) is 0 Å². The summed E-state index contributed by atoms with van der Waals surface area (Å²) >= 11 is 1.80. The Kier molecular flexibility index (Phi) is 2.47. The molecule has 0 radical (unpaired) electrons. The molecular weight excluding hydrogens is 154 g/mol. The first kappa shape index (κ1) is 8.50. The van der Waals surface area contributed by atoms with Gasteiger partial charge in [-0.15, -0.1) is 11.3 Å². The Bertz CT molecular complexity index is 273. The zero-order chi connectivity index (χ0) is 8.43. The standard InChI is InChI=1S/C9H13NS/c1-6(5-10)9-4-7(2)11-8(9)3/h4H,1,5,10H2,2-3H3. The van der Waals surface area contributed by atoms with Gasteiger partial charge in [0, 0.05) is 16.3 Å². The van der Waals surface area contributed by atoms with Gasteiger partial charge in [-0.2, -0.15) is 0 Å². The molecule has 60 valence electrons. The molecule has 0 unspecified atom stereocenters. The summed E-state index contributed by atoms with van der Waals surface area (Å²) in [5.41, 5.74) is 7.75. The summed E-state index contributed by atoms with van der Waals surface area (Å²) in [5, 5.41) is 0. The summed E-state index contributed by atoms with van der Waals surface area (Å²) in [6.45, 7) is 8.66. The number of rotatable bonds is 2. The van der Waals surface area contributed by atoms with E-state index < -0.39 is 0 Å². The number of aryl methyl sites for hydroxylation is 2. The molecular formula is C9H13NS. The average Bonchev–Trinajstić information content (AvgIpc) is 2.28. The molecule has 1 nitrogen and oxygen atoms in total. The average molecular weight is 167 g/mol. The van der Waals surface area contributed by atoms with Crippen molar-refractivity contribution in [2.45, 2.75) is 13.8 Å². The van der Waals surface area contributed by atoms with Crippen LogP contribution < -0.4 is 5.73 Å². The lowest BCUT2D eigenvalue weighted by Crippen LogP contribution is -2.00. The Balaban J connectivity index is 3.03. The summed E-state index contributed by atoms with van der Waals surface area (Å²) in [6.07, 6.45) is 0. The van der Waals surface area contributed by atoms with Crippen LogP contribution in [0.2, 0.25) is 0 Å². The van der Waals surface area contributed by atoms with Gasteiger partial charge in [-0.25, -0.2) is 0 Å². The van der Waals surface area contributed by atoms with Gasteiger partial charge in [-0.05, 0) is 31.1 Å². The Hall–Kier alpha value is -0.600. The first-order valence-corrected chi connectivity index (χ1v) is 4.42. The SMILES string of the molecule is C=C(CN)c1cc(C)sc1C. The summed E-state index contributed by atoms with van der Waals surface area (Å²) in [6, 6.07) is 2.15. The highest BCUT2D eigenvalue weighted by atomic mass is 32.1. The minimum atomic E-state index is 0.553. The van der Waals surface area contributed by atoms with E-state index in [1.54, 1.807) is 11.3 Å². The molecule has 0 aliphatic carbocycles. The van der Waals surface area contributed by atoms with Gasteiger partial charge >= 0.3 is 0 Å². The van der Waals surface area contributed by atoms with Crippen LogP contribution in [-0.2, 0) is 0 Å². The third kappa shape index (κ3) is 1.70. The minimum absolute atomic E-state index is 0.553. The fraction of sp³-hybridized carbons (Fsp3) is 0.333. The van der Waals surface area contributed by atoms with Crippen molar-refractivity contribution < 1.29 is 0 Å². The zero-order valence-corrected chi connectivity index (χ0v) is 7.79. The van der Waals surface area contributed by atoms with E-state index in [0.717, 1.165) is 5.57 Å². The van der Waals surface area contributed by atoms with Gasteiger partial charge in [-0.3, -0.25) is 0 Å². The van der Waals surface area contributed by atoms with E-state index in [0.29, 0.717) is 6.54 Å². The zero-order valence-electron chi connectivity index (χ0n) is 6.98. The summed E-state index contributed by atoms with van der Waals surface area (Å²) in [4.78, 5) is 2.64. The van der Waals surface area contributed by atoms with Crippen molar-refractivity contribution in [3.63, 3.8) is 0 Å². The van der Waals surface area contributed by atoms with Crippen molar-refractivity contribution in [2.75, 3.05) is 6.54 Å². The van der Waals surface area contributed by atoms with Crippen LogP contribution in [0.25, 0.3) is 5.57 Å². The van der Waals surface area contributed by atoms with Crippen LogP contribution in [-0.4, -0.2) is 6.54 Å². The van der Waals surface area contributed by atoms with E-state index in [-0.39, 0.29) is 0 Å². The molecule has 1 aromatic heterocycles. The molecule has 0 saturated heterocycles. The van der Waals surface area contributed by atoms with Crippen LogP contribution >= 0.6 is 11.3 Å². The maximum absolute atomic E-state index is 5.49. The summed E-state index contributed by atoms with van der Waals surface area (Å²) < 4.78 is 0. The highest BCUT2D eigenvalue weighted by Gasteiger charge is 2.03. The van der Waals surface area contributed by atoms with Crippen LogP contribution in [0.1, 0.15) is 15.3 Å². The fourth-order valence-corrected chi connectivity index (χ4v) is 2.06. The van der Waals surface area contributed by atoms with Gasteiger partial charge in [0.1, 0.15) is 0 Å².